The fourth-order valence-corrected chi connectivity index (χ4v) is 2.39. The topological polar surface area (TPSA) is 42.7 Å². The first-order valence-corrected chi connectivity index (χ1v) is 5.93. The van der Waals surface area contributed by atoms with E-state index in [1.807, 2.05) is 14.0 Å². The van der Waals surface area contributed by atoms with Gasteiger partial charge >= 0.3 is 0 Å². The maximum absolute atomic E-state index is 4.24. The maximum Gasteiger partial charge on any atom is 0.133 e. The molecule has 1 aromatic carbocycles. The largest absolute Gasteiger partial charge is 0.384 e. The molecule has 0 bridgehead atoms. The van der Waals surface area contributed by atoms with E-state index in [1.165, 1.54) is 11.3 Å². The molecule has 1 N–H and O–H groups in total. The van der Waals surface area contributed by atoms with Crippen LogP contribution >= 0.6 is 0 Å². The van der Waals surface area contributed by atoms with Gasteiger partial charge in [-0.3, -0.25) is 0 Å². The summed E-state index contributed by atoms with van der Waals surface area (Å²) < 4.78 is 2.07. The van der Waals surface area contributed by atoms with Gasteiger partial charge in [0, 0.05) is 31.6 Å². The predicted molar refractivity (Wildman–Crippen MR) is 67.1 cm³/mol. The molecule has 88 valence electrons. The van der Waals surface area contributed by atoms with E-state index in [0.29, 0.717) is 5.92 Å². The van der Waals surface area contributed by atoms with Crippen molar-refractivity contribution in [3.05, 3.63) is 41.5 Å². The summed E-state index contributed by atoms with van der Waals surface area (Å²) in [6.45, 7) is 2.97. The highest BCUT2D eigenvalue weighted by Crippen LogP contribution is 2.32. The van der Waals surface area contributed by atoms with E-state index in [2.05, 4.69) is 44.3 Å². The van der Waals surface area contributed by atoms with E-state index in [1.54, 1.807) is 0 Å². The Balaban J connectivity index is 1.86. The van der Waals surface area contributed by atoms with Crippen molar-refractivity contribution in [2.75, 3.05) is 11.9 Å². The molecular formula is C13H16N4. The van der Waals surface area contributed by atoms with Gasteiger partial charge in [-0.25, -0.2) is 0 Å². The Hall–Kier alpha value is -1.84. The van der Waals surface area contributed by atoms with Crippen LogP contribution in [0, 0.1) is 6.92 Å². The van der Waals surface area contributed by atoms with Gasteiger partial charge < -0.3 is 9.88 Å². The molecule has 0 amide bonds. The minimum atomic E-state index is 0.508. The molecule has 1 aliphatic rings. The third-order valence-electron chi connectivity index (χ3n) is 3.55. The van der Waals surface area contributed by atoms with Gasteiger partial charge in [-0.1, -0.05) is 18.2 Å². The van der Waals surface area contributed by atoms with E-state index >= 15 is 0 Å². The number of fused-ring (bicyclic) bond motifs is 1. The Morgan fingerprint density at radius 1 is 1.35 bits per heavy atom. The Labute approximate surface area is 101 Å². The number of rotatable bonds is 2. The molecule has 3 rings (SSSR count). The number of aryl methyl sites for hydroxylation is 1. The molecule has 1 aliphatic heterocycles. The van der Waals surface area contributed by atoms with Gasteiger partial charge in [0.1, 0.15) is 11.6 Å². The summed E-state index contributed by atoms with van der Waals surface area (Å²) in [5, 5.41) is 11.8. The highest BCUT2D eigenvalue weighted by molar-refractivity contribution is 5.57. The van der Waals surface area contributed by atoms with Crippen molar-refractivity contribution < 1.29 is 0 Å². The van der Waals surface area contributed by atoms with Crippen LogP contribution in [0.3, 0.4) is 0 Å². The summed E-state index contributed by atoms with van der Waals surface area (Å²) in [6, 6.07) is 8.50. The quantitative estimate of drug-likeness (QED) is 0.853. The van der Waals surface area contributed by atoms with Crippen molar-refractivity contribution in [2.45, 2.75) is 19.3 Å². The van der Waals surface area contributed by atoms with Crippen LogP contribution in [0.4, 0.5) is 5.69 Å². The van der Waals surface area contributed by atoms with Crippen molar-refractivity contribution in [3.63, 3.8) is 0 Å². The average Bonchev–Trinajstić information content (AvgIpc) is 2.89. The molecule has 0 radical (unpaired) electrons. The number of nitrogens with zero attached hydrogens (tertiary/aromatic N) is 3. The zero-order valence-electron chi connectivity index (χ0n) is 10.1. The highest BCUT2D eigenvalue weighted by Gasteiger charge is 2.23. The van der Waals surface area contributed by atoms with Gasteiger partial charge in [-0.05, 0) is 18.6 Å². The molecule has 4 heteroatoms. The molecule has 4 nitrogen and oxygen atoms in total. The van der Waals surface area contributed by atoms with Crippen molar-refractivity contribution >= 4 is 5.69 Å². The first-order valence-electron chi connectivity index (χ1n) is 5.93. The van der Waals surface area contributed by atoms with Gasteiger partial charge in [0.25, 0.3) is 0 Å². The predicted octanol–water partition coefficient (Wildman–Crippen LogP) is 1.88. The second kappa shape index (κ2) is 3.87. The molecule has 2 heterocycles. The van der Waals surface area contributed by atoms with Crippen LogP contribution in [0.2, 0.25) is 0 Å². The minimum absolute atomic E-state index is 0.508. The SMILES string of the molecule is Cc1nnc(CC2CNc3ccccc32)n1C. The minimum Gasteiger partial charge on any atom is -0.384 e. The van der Waals surface area contributed by atoms with Crippen LogP contribution in [0.5, 0.6) is 0 Å². The number of nitrogens with one attached hydrogen (secondary N) is 1. The normalized spacial score (nSPS) is 17.9. The molecule has 0 aliphatic carbocycles. The first-order chi connectivity index (χ1) is 8.25. The average molecular weight is 228 g/mol. The Morgan fingerprint density at radius 2 is 2.18 bits per heavy atom. The summed E-state index contributed by atoms with van der Waals surface area (Å²) in [6.07, 6.45) is 0.946. The summed E-state index contributed by atoms with van der Waals surface area (Å²) in [5.74, 6) is 2.54. The number of anilines is 1. The van der Waals surface area contributed by atoms with Gasteiger partial charge in [0.2, 0.25) is 0 Å². The monoisotopic (exact) mass is 228 g/mol. The summed E-state index contributed by atoms with van der Waals surface area (Å²) in [7, 11) is 2.03. The smallest absolute Gasteiger partial charge is 0.133 e. The van der Waals surface area contributed by atoms with Gasteiger partial charge in [-0.15, -0.1) is 10.2 Å². The van der Waals surface area contributed by atoms with Crippen molar-refractivity contribution in [1.29, 1.82) is 0 Å². The molecular weight excluding hydrogens is 212 g/mol. The van der Waals surface area contributed by atoms with Crippen LogP contribution < -0.4 is 5.32 Å². The molecule has 1 atom stereocenters. The Kier molecular flexibility index (Phi) is 2.35. The zero-order valence-corrected chi connectivity index (χ0v) is 10.1. The summed E-state index contributed by atoms with van der Waals surface area (Å²) >= 11 is 0. The van der Waals surface area contributed by atoms with E-state index in [9.17, 15) is 0 Å². The summed E-state index contributed by atoms with van der Waals surface area (Å²) in [5.41, 5.74) is 2.66. The van der Waals surface area contributed by atoms with Crippen molar-refractivity contribution in [3.8, 4) is 0 Å². The lowest BCUT2D eigenvalue weighted by molar-refractivity contribution is 0.673. The molecule has 2 aromatic rings. The number of hydrogen-bond donors (Lipinski definition) is 1. The second-order valence-corrected chi connectivity index (χ2v) is 4.59. The Morgan fingerprint density at radius 3 is 2.94 bits per heavy atom. The van der Waals surface area contributed by atoms with E-state index in [4.69, 9.17) is 0 Å². The fourth-order valence-electron chi connectivity index (χ4n) is 2.39. The standard InChI is InChI=1S/C13H16N4/c1-9-15-16-13(17(9)2)7-10-8-14-12-6-4-3-5-11(10)12/h3-6,10,14H,7-8H2,1-2H3. The highest BCUT2D eigenvalue weighted by atomic mass is 15.3. The molecule has 1 unspecified atom stereocenters. The van der Waals surface area contributed by atoms with Crippen LogP contribution in [-0.2, 0) is 13.5 Å². The Bertz CT molecular complexity index is 544. The molecule has 0 saturated carbocycles. The lowest BCUT2D eigenvalue weighted by atomic mass is 9.98. The number of para-hydroxylation sites is 1. The van der Waals surface area contributed by atoms with Crippen LogP contribution in [0.25, 0.3) is 0 Å². The number of benzene rings is 1. The molecule has 0 saturated heterocycles. The second-order valence-electron chi connectivity index (χ2n) is 4.59. The molecule has 17 heavy (non-hydrogen) atoms. The molecule has 0 fully saturated rings. The van der Waals surface area contributed by atoms with Crippen molar-refractivity contribution in [2.24, 2.45) is 7.05 Å². The van der Waals surface area contributed by atoms with Crippen LogP contribution in [0.1, 0.15) is 23.1 Å². The first kappa shape index (κ1) is 10.3. The maximum atomic E-state index is 4.24. The summed E-state index contributed by atoms with van der Waals surface area (Å²) in [4.78, 5) is 0. The van der Waals surface area contributed by atoms with Gasteiger partial charge in [0.15, 0.2) is 0 Å². The lowest BCUT2D eigenvalue weighted by Gasteiger charge is -2.09. The third-order valence-corrected chi connectivity index (χ3v) is 3.55. The zero-order chi connectivity index (χ0) is 11.8. The van der Waals surface area contributed by atoms with Gasteiger partial charge in [-0.2, -0.15) is 0 Å². The van der Waals surface area contributed by atoms with Crippen LogP contribution in [-0.4, -0.2) is 21.3 Å². The third kappa shape index (κ3) is 1.69. The molecule has 1 aromatic heterocycles. The number of aromatic nitrogens is 3. The fraction of sp³-hybridized carbons (Fsp3) is 0.385. The van der Waals surface area contributed by atoms with E-state index in [-0.39, 0.29) is 0 Å². The van der Waals surface area contributed by atoms with Gasteiger partial charge in [0.05, 0.1) is 0 Å². The number of hydrogen-bond acceptors (Lipinski definition) is 3. The van der Waals surface area contributed by atoms with Crippen LogP contribution in [0.15, 0.2) is 24.3 Å². The van der Waals surface area contributed by atoms with Crippen molar-refractivity contribution in [1.82, 2.24) is 14.8 Å². The van der Waals surface area contributed by atoms with E-state index in [0.717, 1.165) is 24.6 Å². The lowest BCUT2D eigenvalue weighted by Crippen LogP contribution is -2.09. The molecule has 0 spiro atoms. The van der Waals surface area contributed by atoms with E-state index < -0.39 is 0 Å².